The number of ether oxygens (including phenoxy) is 1. The van der Waals surface area contributed by atoms with Crippen molar-refractivity contribution in [1.82, 2.24) is 9.55 Å². The molecular formula is C13H17N3O. The van der Waals surface area contributed by atoms with Crippen LogP contribution in [0.25, 0.3) is 11.0 Å². The minimum atomic E-state index is 0.423. The number of para-hydroxylation sites is 1. The van der Waals surface area contributed by atoms with Crippen LogP contribution < -0.4 is 10.5 Å². The van der Waals surface area contributed by atoms with Crippen LogP contribution in [0.5, 0.6) is 5.75 Å². The topological polar surface area (TPSA) is 53.1 Å². The summed E-state index contributed by atoms with van der Waals surface area (Å²) in [6, 6.07) is 6.38. The van der Waals surface area contributed by atoms with Gasteiger partial charge in [0.05, 0.1) is 12.6 Å². The van der Waals surface area contributed by atoms with Crippen molar-refractivity contribution in [3.63, 3.8) is 0 Å². The highest BCUT2D eigenvalue weighted by molar-refractivity contribution is 5.84. The molecule has 2 aromatic rings. The Labute approximate surface area is 100 Å². The number of hydrogen-bond donors (Lipinski definition) is 1. The summed E-state index contributed by atoms with van der Waals surface area (Å²) in [5, 5.41) is 0. The maximum Gasteiger partial charge on any atom is 0.201 e. The Hall–Kier alpha value is -1.71. The summed E-state index contributed by atoms with van der Waals surface area (Å²) in [7, 11) is 1.66. The molecule has 4 nitrogen and oxygen atoms in total. The number of aromatic nitrogens is 2. The van der Waals surface area contributed by atoms with E-state index in [2.05, 4.69) is 22.5 Å². The summed E-state index contributed by atoms with van der Waals surface area (Å²) in [5.41, 5.74) is 7.97. The van der Waals surface area contributed by atoms with Crippen LogP contribution in [0.15, 0.2) is 18.2 Å². The highest BCUT2D eigenvalue weighted by Crippen LogP contribution is 2.42. The highest BCUT2D eigenvalue weighted by atomic mass is 16.5. The molecule has 1 aliphatic rings. The summed E-state index contributed by atoms with van der Waals surface area (Å²) in [4.78, 5) is 4.43. The number of nitrogens with two attached hydrogens (primary N) is 1. The average Bonchev–Trinajstić information content (AvgIpc) is 3.10. The van der Waals surface area contributed by atoms with Gasteiger partial charge in [-0.15, -0.1) is 0 Å². The number of anilines is 1. The van der Waals surface area contributed by atoms with E-state index >= 15 is 0 Å². The third-order valence-corrected chi connectivity index (χ3v) is 3.64. The lowest BCUT2D eigenvalue weighted by Crippen LogP contribution is -2.10. The van der Waals surface area contributed by atoms with Crippen LogP contribution in [0.3, 0.4) is 0 Å². The molecule has 1 unspecified atom stereocenters. The lowest BCUT2D eigenvalue weighted by molar-refractivity contribution is 0.419. The maximum atomic E-state index is 6.04. The minimum absolute atomic E-state index is 0.423. The van der Waals surface area contributed by atoms with Crippen molar-refractivity contribution in [2.24, 2.45) is 5.92 Å². The molecule has 1 aromatic carbocycles. The quantitative estimate of drug-likeness (QED) is 0.883. The summed E-state index contributed by atoms with van der Waals surface area (Å²) in [6.45, 7) is 2.22. The van der Waals surface area contributed by atoms with E-state index in [9.17, 15) is 0 Å². The predicted molar refractivity (Wildman–Crippen MR) is 68.1 cm³/mol. The maximum absolute atomic E-state index is 6.04. The second-order valence-electron chi connectivity index (χ2n) is 4.75. The Morgan fingerprint density at radius 2 is 2.24 bits per heavy atom. The van der Waals surface area contributed by atoms with E-state index in [1.807, 2.05) is 12.1 Å². The van der Waals surface area contributed by atoms with Gasteiger partial charge in [0.15, 0.2) is 0 Å². The third kappa shape index (κ3) is 1.55. The molecule has 0 saturated heterocycles. The normalized spacial score (nSPS) is 17.3. The molecule has 1 heterocycles. The van der Waals surface area contributed by atoms with Gasteiger partial charge in [-0.3, -0.25) is 0 Å². The standard InChI is InChI=1S/C13H17N3O/c1-8(9-6-7-9)16-10-4-3-5-11(17-2)12(10)15-13(16)14/h3-5,8-9H,6-7H2,1-2H3,(H2,14,15). The Morgan fingerprint density at radius 1 is 1.47 bits per heavy atom. The van der Waals surface area contributed by atoms with Gasteiger partial charge in [0.2, 0.25) is 5.95 Å². The van der Waals surface area contributed by atoms with Gasteiger partial charge in [0.25, 0.3) is 0 Å². The van der Waals surface area contributed by atoms with Crippen LogP contribution in [0.1, 0.15) is 25.8 Å². The third-order valence-electron chi connectivity index (χ3n) is 3.64. The van der Waals surface area contributed by atoms with Crippen molar-refractivity contribution in [2.45, 2.75) is 25.8 Å². The number of nitrogen functional groups attached to an aromatic ring is 1. The van der Waals surface area contributed by atoms with Gasteiger partial charge < -0.3 is 15.0 Å². The van der Waals surface area contributed by atoms with Crippen LogP contribution in [-0.4, -0.2) is 16.7 Å². The van der Waals surface area contributed by atoms with Gasteiger partial charge in [-0.05, 0) is 37.8 Å². The van der Waals surface area contributed by atoms with E-state index in [0.717, 1.165) is 22.7 Å². The van der Waals surface area contributed by atoms with Crippen LogP contribution in [0, 0.1) is 5.92 Å². The van der Waals surface area contributed by atoms with Gasteiger partial charge in [0, 0.05) is 6.04 Å². The number of benzene rings is 1. The molecule has 4 heteroatoms. The van der Waals surface area contributed by atoms with Crippen molar-refractivity contribution in [3.8, 4) is 5.75 Å². The first-order valence-corrected chi connectivity index (χ1v) is 6.02. The van der Waals surface area contributed by atoms with E-state index in [1.54, 1.807) is 7.11 Å². The Balaban J connectivity index is 2.20. The number of hydrogen-bond acceptors (Lipinski definition) is 3. The average molecular weight is 231 g/mol. The van der Waals surface area contributed by atoms with Gasteiger partial charge in [-0.1, -0.05) is 6.07 Å². The number of rotatable bonds is 3. The zero-order valence-corrected chi connectivity index (χ0v) is 10.2. The molecule has 0 amide bonds. The molecule has 1 aliphatic carbocycles. The molecule has 1 aromatic heterocycles. The van der Waals surface area contributed by atoms with Crippen LogP contribution in [-0.2, 0) is 0 Å². The van der Waals surface area contributed by atoms with Gasteiger partial charge in [-0.25, -0.2) is 4.98 Å². The zero-order valence-electron chi connectivity index (χ0n) is 10.2. The molecule has 0 aliphatic heterocycles. The monoisotopic (exact) mass is 231 g/mol. The van der Waals surface area contributed by atoms with Gasteiger partial charge in [-0.2, -0.15) is 0 Å². The zero-order chi connectivity index (χ0) is 12.0. The van der Waals surface area contributed by atoms with Crippen molar-refractivity contribution in [1.29, 1.82) is 0 Å². The smallest absolute Gasteiger partial charge is 0.201 e. The molecule has 1 fully saturated rings. The second kappa shape index (κ2) is 3.65. The summed E-state index contributed by atoms with van der Waals surface area (Å²) in [6.07, 6.45) is 2.59. The van der Waals surface area contributed by atoms with Crippen molar-refractivity contribution < 1.29 is 4.74 Å². The predicted octanol–water partition coefficient (Wildman–Crippen LogP) is 2.60. The molecule has 0 spiro atoms. The molecule has 3 rings (SSSR count). The first kappa shape index (κ1) is 10.4. The lowest BCUT2D eigenvalue weighted by Gasteiger charge is -2.15. The van der Waals surface area contributed by atoms with E-state index < -0.39 is 0 Å². The number of nitrogens with zero attached hydrogens (tertiary/aromatic N) is 2. The molecular weight excluding hydrogens is 214 g/mol. The number of methoxy groups -OCH3 is 1. The summed E-state index contributed by atoms with van der Waals surface area (Å²) >= 11 is 0. The van der Waals surface area contributed by atoms with Crippen LogP contribution in [0.2, 0.25) is 0 Å². The Morgan fingerprint density at radius 3 is 2.88 bits per heavy atom. The fraction of sp³-hybridized carbons (Fsp3) is 0.462. The fourth-order valence-corrected chi connectivity index (χ4v) is 2.49. The van der Waals surface area contributed by atoms with E-state index in [4.69, 9.17) is 10.5 Å². The molecule has 90 valence electrons. The van der Waals surface area contributed by atoms with Gasteiger partial charge in [0.1, 0.15) is 11.3 Å². The number of imidazole rings is 1. The van der Waals surface area contributed by atoms with E-state index in [1.165, 1.54) is 12.8 Å². The largest absolute Gasteiger partial charge is 0.494 e. The molecule has 17 heavy (non-hydrogen) atoms. The molecule has 2 N–H and O–H groups in total. The van der Waals surface area contributed by atoms with Crippen molar-refractivity contribution in [3.05, 3.63) is 18.2 Å². The first-order chi connectivity index (χ1) is 8.22. The summed E-state index contributed by atoms with van der Waals surface area (Å²) in [5.74, 6) is 2.13. The van der Waals surface area contributed by atoms with Crippen molar-refractivity contribution in [2.75, 3.05) is 12.8 Å². The van der Waals surface area contributed by atoms with Crippen LogP contribution >= 0.6 is 0 Å². The van der Waals surface area contributed by atoms with Crippen LogP contribution in [0.4, 0.5) is 5.95 Å². The molecule has 1 saturated carbocycles. The molecule has 0 bridgehead atoms. The van der Waals surface area contributed by atoms with Crippen molar-refractivity contribution >= 4 is 17.0 Å². The summed E-state index contributed by atoms with van der Waals surface area (Å²) < 4.78 is 7.45. The highest BCUT2D eigenvalue weighted by Gasteiger charge is 2.31. The molecule has 0 radical (unpaired) electrons. The lowest BCUT2D eigenvalue weighted by atomic mass is 10.2. The van der Waals surface area contributed by atoms with Gasteiger partial charge >= 0.3 is 0 Å². The second-order valence-corrected chi connectivity index (χ2v) is 4.75. The van der Waals surface area contributed by atoms with E-state index in [0.29, 0.717) is 12.0 Å². The SMILES string of the molecule is COc1cccc2c1nc(N)n2C(C)C1CC1. The Bertz CT molecular complexity index is 557. The fourth-order valence-electron chi connectivity index (χ4n) is 2.49. The first-order valence-electron chi connectivity index (χ1n) is 6.02. The van der Waals surface area contributed by atoms with E-state index in [-0.39, 0.29) is 0 Å². The molecule has 1 atom stereocenters. The Kier molecular flexibility index (Phi) is 2.24. The number of fused-ring (bicyclic) bond motifs is 1. The minimum Gasteiger partial charge on any atom is -0.494 e.